The molecule has 0 bridgehead atoms. The van der Waals surface area contributed by atoms with Crippen LogP contribution in [0.25, 0.3) is 10.2 Å². The number of thiazole rings is 1. The average Bonchev–Trinajstić information content (AvgIpc) is 3.06. The van der Waals surface area contributed by atoms with Crippen LogP contribution in [0, 0.1) is 13.8 Å². The molecular formula is C20H21N3O4S. The number of hydrazine groups is 1. The molecule has 0 unspecified atom stereocenters. The van der Waals surface area contributed by atoms with Gasteiger partial charge in [-0.3, -0.25) is 20.4 Å². The van der Waals surface area contributed by atoms with E-state index in [1.165, 1.54) is 11.3 Å². The molecule has 0 aliphatic carbocycles. The summed E-state index contributed by atoms with van der Waals surface area (Å²) < 4.78 is 11.9. The van der Waals surface area contributed by atoms with Crippen molar-refractivity contribution in [3.8, 4) is 5.75 Å². The minimum absolute atomic E-state index is 0.186. The molecule has 0 saturated heterocycles. The van der Waals surface area contributed by atoms with Crippen LogP contribution in [0.15, 0.2) is 42.5 Å². The molecule has 0 aliphatic rings. The van der Waals surface area contributed by atoms with Crippen molar-refractivity contribution in [2.75, 3.05) is 13.2 Å². The molecule has 3 aromatic rings. The second-order valence-electron chi connectivity index (χ2n) is 6.28. The molecule has 1 heterocycles. The van der Waals surface area contributed by atoms with Gasteiger partial charge in [0.05, 0.1) is 16.8 Å². The lowest BCUT2D eigenvalue weighted by atomic mass is 10.1. The Morgan fingerprint density at radius 3 is 2.39 bits per heavy atom. The molecule has 0 atom stereocenters. The maximum Gasteiger partial charge on any atom is 0.276 e. The van der Waals surface area contributed by atoms with Gasteiger partial charge in [0.1, 0.15) is 17.4 Å². The van der Waals surface area contributed by atoms with Crippen LogP contribution in [0.2, 0.25) is 0 Å². The molecule has 1 aromatic heterocycles. The molecule has 2 amide bonds. The molecule has 0 radical (unpaired) electrons. The molecule has 146 valence electrons. The molecule has 28 heavy (non-hydrogen) atoms. The van der Waals surface area contributed by atoms with E-state index < -0.39 is 11.8 Å². The smallest absolute Gasteiger partial charge is 0.276 e. The number of para-hydroxylation sites is 1. The second kappa shape index (κ2) is 9.29. The molecule has 2 N–H and O–H groups in total. The molecular weight excluding hydrogens is 378 g/mol. The normalized spacial score (nSPS) is 10.6. The third kappa shape index (κ3) is 5.77. The standard InChI is InChI=1S/C20H21N3O4S/c1-13-7-14(2)9-15(8-13)27-11-19(25)23-22-18(24)10-26-12-20-21-16-5-3-4-6-17(16)28-20/h3-9H,10-12H2,1-2H3,(H,22,24)(H,23,25). The van der Waals surface area contributed by atoms with E-state index in [9.17, 15) is 9.59 Å². The van der Waals surface area contributed by atoms with Crippen molar-refractivity contribution in [2.45, 2.75) is 20.5 Å². The number of carbonyl (C=O) groups excluding carboxylic acids is 2. The van der Waals surface area contributed by atoms with Gasteiger partial charge in [-0.05, 0) is 49.2 Å². The van der Waals surface area contributed by atoms with Crippen molar-refractivity contribution in [2.24, 2.45) is 0 Å². The zero-order valence-corrected chi connectivity index (χ0v) is 16.5. The summed E-state index contributed by atoms with van der Waals surface area (Å²) in [5.41, 5.74) is 7.60. The third-order valence-corrected chi connectivity index (χ3v) is 4.71. The third-order valence-electron chi connectivity index (χ3n) is 3.70. The number of benzene rings is 2. The number of nitrogens with zero attached hydrogens (tertiary/aromatic N) is 1. The van der Waals surface area contributed by atoms with E-state index in [1.807, 2.05) is 56.3 Å². The van der Waals surface area contributed by atoms with Crippen LogP contribution in [-0.4, -0.2) is 30.0 Å². The Morgan fingerprint density at radius 2 is 1.68 bits per heavy atom. The van der Waals surface area contributed by atoms with Crippen LogP contribution >= 0.6 is 11.3 Å². The fourth-order valence-electron chi connectivity index (χ4n) is 2.59. The zero-order valence-electron chi connectivity index (χ0n) is 15.7. The topological polar surface area (TPSA) is 89.6 Å². The molecule has 0 spiro atoms. The lowest BCUT2D eigenvalue weighted by molar-refractivity contribution is -0.132. The summed E-state index contributed by atoms with van der Waals surface area (Å²) in [5, 5.41) is 0.792. The SMILES string of the molecule is Cc1cc(C)cc(OCC(=O)NNC(=O)COCc2nc3ccccc3s2)c1. The van der Waals surface area contributed by atoms with Crippen LogP contribution in [0.5, 0.6) is 5.75 Å². The van der Waals surface area contributed by atoms with Gasteiger partial charge in [-0.15, -0.1) is 11.3 Å². The Kier molecular flexibility index (Phi) is 6.57. The minimum Gasteiger partial charge on any atom is -0.484 e. The highest BCUT2D eigenvalue weighted by Crippen LogP contribution is 2.21. The Bertz CT molecular complexity index is 933. The van der Waals surface area contributed by atoms with Crippen LogP contribution in [0.1, 0.15) is 16.1 Å². The maximum absolute atomic E-state index is 11.8. The van der Waals surface area contributed by atoms with E-state index >= 15 is 0 Å². The van der Waals surface area contributed by atoms with Crippen LogP contribution in [0.3, 0.4) is 0 Å². The van der Waals surface area contributed by atoms with E-state index in [0.29, 0.717) is 5.75 Å². The van der Waals surface area contributed by atoms with Gasteiger partial charge >= 0.3 is 0 Å². The lowest BCUT2D eigenvalue weighted by Gasteiger charge is -2.10. The van der Waals surface area contributed by atoms with E-state index in [-0.39, 0.29) is 19.8 Å². The summed E-state index contributed by atoms with van der Waals surface area (Å²) in [5.74, 6) is -0.308. The Hall–Kier alpha value is -2.97. The van der Waals surface area contributed by atoms with Crippen molar-refractivity contribution in [1.82, 2.24) is 15.8 Å². The molecule has 8 heteroatoms. The van der Waals surface area contributed by atoms with Gasteiger partial charge in [0, 0.05) is 0 Å². The summed E-state index contributed by atoms with van der Waals surface area (Å²) >= 11 is 1.52. The fraction of sp³-hybridized carbons (Fsp3) is 0.250. The predicted molar refractivity (Wildman–Crippen MR) is 107 cm³/mol. The number of hydrogen-bond acceptors (Lipinski definition) is 6. The van der Waals surface area contributed by atoms with E-state index in [2.05, 4.69) is 15.8 Å². The van der Waals surface area contributed by atoms with Gasteiger partial charge in [0.15, 0.2) is 6.61 Å². The Labute approximate surface area is 166 Å². The summed E-state index contributed by atoms with van der Waals surface area (Å²) in [6.45, 7) is 3.75. The van der Waals surface area contributed by atoms with Crippen molar-refractivity contribution in [1.29, 1.82) is 0 Å². The fourth-order valence-corrected chi connectivity index (χ4v) is 3.49. The molecule has 3 rings (SSSR count). The van der Waals surface area contributed by atoms with Gasteiger partial charge in [0.2, 0.25) is 0 Å². The van der Waals surface area contributed by atoms with E-state index in [0.717, 1.165) is 26.4 Å². The Balaban J connectivity index is 1.34. The van der Waals surface area contributed by atoms with Crippen LogP contribution in [-0.2, 0) is 20.9 Å². The van der Waals surface area contributed by atoms with Gasteiger partial charge in [-0.1, -0.05) is 18.2 Å². The number of amides is 2. The Morgan fingerprint density at radius 1 is 1.00 bits per heavy atom. The number of ether oxygens (including phenoxy) is 2. The van der Waals surface area contributed by atoms with Gasteiger partial charge in [0.25, 0.3) is 11.8 Å². The molecule has 0 fully saturated rings. The number of rotatable bonds is 7. The summed E-state index contributed by atoms with van der Waals surface area (Å²) in [6.07, 6.45) is 0. The van der Waals surface area contributed by atoms with E-state index in [1.54, 1.807) is 0 Å². The van der Waals surface area contributed by atoms with Crippen molar-refractivity contribution < 1.29 is 19.1 Å². The van der Waals surface area contributed by atoms with Crippen molar-refractivity contribution >= 4 is 33.4 Å². The first-order chi connectivity index (χ1) is 13.5. The zero-order chi connectivity index (χ0) is 19.9. The highest BCUT2D eigenvalue weighted by Gasteiger charge is 2.08. The average molecular weight is 399 g/mol. The number of fused-ring (bicyclic) bond motifs is 1. The monoisotopic (exact) mass is 399 g/mol. The minimum atomic E-state index is -0.460. The quantitative estimate of drug-likeness (QED) is 0.596. The molecule has 0 saturated carbocycles. The summed E-state index contributed by atoms with van der Waals surface area (Å²) in [4.78, 5) is 28.0. The maximum atomic E-state index is 11.8. The summed E-state index contributed by atoms with van der Waals surface area (Å²) in [6, 6.07) is 13.5. The second-order valence-corrected chi connectivity index (χ2v) is 7.39. The number of nitrogens with one attached hydrogen (secondary N) is 2. The van der Waals surface area contributed by atoms with Crippen LogP contribution in [0.4, 0.5) is 0 Å². The van der Waals surface area contributed by atoms with E-state index in [4.69, 9.17) is 9.47 Å². The lowest BCUT2D eigenvalue weighted by Crippen LogP contribution is -2.45. The first kappa shape index (κ1) is 19.8. The number of carbonyl (C=O) groups is 2. The van der Waals surface area contributed by atoms with Gasteiger partial charge < -0.3 is 9.47 Å². The van der Waals surface area contributed by atoms with Crippen LogP contribution < -0.4 is 15.6 Å². The number of aryl methyl sites for hydroxylation is 2. The van der Waals surface area contributed by atoms with Gasteiger partial charge in [-0.2, -0.15) is 0 Å². The molecule has 0 aliphatic heterocycles. The first-order valence-corrected chi connectivity index (χ1v) is 9.52. The number of hydrogen-bond donors (Lipinski definition) is 2. The highest BCUT2D eigenvalue weighted by atomic mass is 32.1. The largest absolute Gasteiger partial charge is 0.484 e. The first-order valence-electron chi connectivity index (χ1n) is 8.70. The highest BCUT2D eigenvalue weighted by molar-refractivity contribution is 7.18. The van der Waals surface area contributed by atoms with Gasteiger partial charge in [-0.25, -0.2) is 4.98 Å². The van der Waals surface area contributed by atoms with Crippen molar-refractivity contribution in [3.05, 3.63) is 58.6 Å². The molecule has 7 nitrogen and oxygen atoms in total. The number of aromatic nitrogens is 1. The molecule has 2 aromatic carbocycles. The summed E-state index contributed by atoms with van der Waals surface area (Å²) in [7, 11) is 0. The predicted octanol–water partition coefficient (Wildman–Crippen LogP) is 2.66. The van der Waals surface area contributed by atoms with Crippen molar-refractivity contribution in [3.63, 3.8) is 0 Å².